The Balaban J connectivity index is 1.59. The van der Waals surface area contributed by atoms with E-state index in [1.54, 1.807) is 37.4 Å². The van der Waals surface area contributed by atoms with Crippen LogP contribution in [0.4, 0.5) is 5.69 Å². The highest BCUT2D eigenvalue weighted by Gasteiger charge is 2.15. The SMILES string of the molecule is COc1cc(CNC(=O)Cc2ccccc2[N+](=O)[O-])ccc1OCc1ccccc1. The van der Waals surface area contributed by atoms with E-state index < -0.39 is 4.92 Å². The summed E-state index contributed by atoms with van der Waals surface area (Å²) in [4.78, 5) is 22.8. The second-order valence-corrected chi connectivity index (χ2v) is 6.60. The largest absolute Gasteiger partial charge is 0.493 e. The van der Waals surface area contributed by atoms with Gasteiger partial charge in [-0.15, -0.1) is 0 Å². The minimum absolute atomic E-state index is 0.0609. The Morgan fingerprint density at radius 3 is 2.43 bits per heavy atom. The predicted octanol–water partition coefficient (Wildman–Crippen LogP) is 4.04. The maximum Gasteiger partial charge on any atom is 0.273 e. The van der Waals surface area contributed by atoms with Crippen LogP contribution in [0.15, 0.2) is 72.8 Å². The van der Waals surface area contributed by atoms with Gasteiger partial charge in [0.25, 0.3) is 5.69 Å². The molecule has 30 heavy (non-hydrogen) atoms. The van der Waals surface area contributed by atoms with Gasteiger partial charge in [0, 0.05) is 18.2 Å². The van der Waals surface area contributed by atoms with Gasteiger partial charge >= 0.3 is 0 Å². The average molecular weight is 406 g/mol. The fraction of sp³-hybridized carbons (Fsp3) is 0.174. The molecule has 0 unspecified atom stereocenters. The molecule has 3 aromatic carbocycles. The third-order valence-electron chi connectivity index (χ3n) is 4.49. The van der Waals surface area contributed by atoms with Gasteiger partial charge in [-0.1, -0.05) is 54.6 Å². The first-order valence-electron chi connectivity index (χ1n) is 9.39. The van der Waals surface area contributed by atoms with E-state index in [0.29, 0.717) is 23.7 Å². The molecule has 0 saturated carbocycles. The number of hydrogen-bond donors (Lipinski definition) is 1. The Morgan fingerprint density at radius 1 is 0.967 bits per heavy atom. The molecule has 0 bridgehead atoms. The van der Waals surface area contributed by atoms with Gasteiger partial charge in [-0.25, -0.2) is 0 Å². The Labute approximate surface area is 174 Å². The van der Waals surface area contributed by atoms with Crippen molar-refractivity contribution in [2.45, 2.75) is 19.6 Å². The monoisotopic (exact) mass is 406 g/mol. The summed E-state index contributed by atoms with van der Waals surface area (Å²) in [6.07, 6.45) is -0.0629. The molecule has 0 aliphatic carbocycles. The van der Waals surface area contributed by atoms with Gasteiger partial charge in [0.1, 0.15) is 6.61 Å². The fourth-order valence-electron chi connectivity index (χ4n) is 2.95. The summed E-state index contributed by atoms with van der Waals surface area (Å²) in [7, 11) is 1.56. The molecule has 0 spiro atoms. The van der Waals surface area contributed by atoms with Crippen molar-refractivity contribution >= 4 is 11.6 Å². The third-order valence-corrected chi connectivity index (χ3v) is 4.49. The van der Waals surface area contributed by atoms with Crippen LogP contribution in [0.1, 0.15) is 16.7 Å². The van der Waals surface area contributed by atoms with Gasteiger partial charge in [0.05, 0.1) is 18.5 Å². The first-order chi connectivity index (χ1) is 14.6. The molecule has 3 rings (SSSR count). The van der Waals surface area contributed by atoms with Crippen molar-refractivity contribution in [3.63, 3.8) is 0 Å². The lowest BCUT2D eigenvalue weighted by Gasteiger charge is -2.13. The van der Waals surface area contributed by atoms with E-state index in [9.17, 15) is 14.9 Å². The highest BCUT2D eigenvalue weighted by atomic mass is 16.6. The number of para-hydroxylation sites is 1. The zero-order chi connectivity index (χ0) is 21.3. The van der Waals surface area contributed by atoms with Crippen molar-refractivity contribution in [3.8, 4) is 11.5 Å². The van der Waals surface area contributed by atoms with E-state index in [-0.39, 0.29) is 24.6 Å². The van der Waals surface area contributed by atoms with Crippen LogP contribution in [0.25, 0.3) is 0 Å². The summed E-state index contributed by atoms with van der Waals surface area (Å²) in [5, 5.41) is 13.9. The first-order valence-corrected chi connectivity index (χ1v) is 9.39. The maximum atomic E-state index is 12.3. The number of nitrogens with one attached hydrogen (secondary N) is 1. The number of nitro benzene ring substituents is 1. The summed E-state index contributed by atoms with van der Waals surface area (Å²) in [5.74, 6) is 0.875. The van der Waals surface area contributed by atoms with Crippen LogP contribution in [0.5, 0.6) is 11.5 Å². The van der Waals surface area contributed by atoms with Crippen molar-refractivity contribution in [2.75, 3.05) is 7.11 Å². The Morgan fingerprint density at radius 2 is 1.70 bits per heavy atom. The van der Waals surface area contributed by atoms with Gasteiger partial charge < -0.3 is 14.8 Å². The number of nitrogens with zero attached hydrogens (tertiary/aromatic N) is 1. The summed E-state index contributed by atoms with van der Waals surface area (Å²) in [6, 6.07) is 21.5. The molecule has 0 radical (unpaired) electrons. The lowest BCUT2D eigenvalue weighted by Crippen LogP contribution is -2.24. The van der Waals surface area contributed by atoms with Crippen LogP contribution >= 0.6 is 0 Å². The highest BCUT2D eigenvalue weighted by molar-refractivity contribution is 5.79. The molecule has 0 atom stereocenters. The topological polar surface area (TPSA) is 90.7 Å². The predicted molar refractivity (Wildman–Crippen MR) is 112 cm³/mol. The molecular formula is C23H22N2O5. The number of ether oxygens (including phenoxy) is 2. The first kappa shape index (κ1) is 20.9. The number of amides is 1. The summed E-state index contributed by atoms with van der Waals surface area (Å²) < 4.78 is 11.2. The smallest absolute Gasteiger partial charge is 0.273 e. The van der Waals surface area contributed by atoms with Crippen LogP contribution in [-0.4, -0.2) is 17.9 Å². The second-order valence-electron chi connectivity index (χ2n) is 6.60. The number of rotatable bonds is 9. The van der Waals surface area contributed by atoms with Gasteiger partial charge in [0.15, 0.2) is 11.5 Å². The minimum Gasteiger partial charge on any atom is -0.493 e. The molecule has 154 valence electrons. The lowest BCUT2D eigenvalue weighted by atomic mass is 10.1. The molecule has 0 saturated heterocycles. The molecule has 0 aliphatic rings. The number of benzene rings is 3. The Kier molecular flexibility index (Phi) is 7.00. The summed E-state index contributed by atoms with van der Waals surface area (Å²) in [5.41, 5.74) is 2.19. The van der Waals surface area contributed by atoms with Crippen LogP contribution in [0, 0.1) is 10.1 Å². The molecule has 0 fully saturated rings. The van der Waals surface area contributed by atoms with E-state index in [0.717, 1.165) is 11.1 Å². The molecular weight excluding hydrogens is 384 g/mol. The molecule has 1 amide bonds. The van der Waals surface area contributed by atoms with Gasteiger partial charge in [0.2, 0.25) is 5.91 Å². The molecule has 7 heteroatoms. The number of methoxy groups -OCH3 is 1. The van der Waals surface area contributed by atoms with Crippen molar-refractivity contribution in [1.29, 1.82) is 0 Å². The van der Waals surface area contributed by atoms with E-state index in [4.69, 9.17) is 9.47 Å². The summed E-state index contributed by atoms with van der Waals surface area (Å²) in [6.45, 7) is 0.692. The third kappa shape index (κ3) is 5.57. The van der Waals surface area contributed by atoms with E-state index in [1.807, 2.05) is 36.4 Å². The number of carbonyl (C=O) groups excluding carboxylic acids is 1. The minimum atomic E-state index is -0.484. The molecule has 0 aliphatic heterocycles. The van der Waals surface area contributed by atoms with Gasteiger partial charge in [-0.3, -0.25) is 14.9 Å². The van der Waals surface area contributed by atoms with E-state index in [1.165, 1.54) is 6.07 Å². The quantitative estimate of drug-likeness (QED) is 0.428. The van der Waals surface area contributed by atoms with Crippen LogP contribution < -0.4 is 14.8 Å². The van der Waals surface area contributed by atoms with Gasteiger partial charge in [-0.2, -0.15) is 0 Å². The van der Waals surface area contributed by atoms with Crippen molar-refractivity contribution in [3.05, 3.63) is 99.6 Å². The van der Waals surface area contributed by atoms with E-state index >= 15 is 0 Å². The van der Waals surface area contributed by atoms with Crippen LogP contribution in [0.2, 0.25) is 0 Å². The fourth-order valence-corrected chi connectivity index (χ4v) is 2.95. The molecule has 3 aromatic rings. The van der Waals surface area contributed by atoms with Crippen LogP contribution in [0.3, 0.4) is 0 Å². The van der Waals surface area contributed by atoms with Crippen molar-refractivity contribution < 1.29 is 19.2 Å². The lowest BCUT2D eigenvalue weighted by molar-refractivity contribution is -0.385. The number of hydrogen-bond acceptors (Lipinski definition) is 5. The Hall–Kier alpha value is -3.87. The molecule has 0 heterocycles. The Bertz CT molecular complexity index is 1020. The van der Waals surface area contributed by atoms with Crippen molar-refractivity contribution in [2.24, 2.45) is 0 Å². The zero-order valence-electron chi connectivity index (χ0n) is 16.5. The molecule has 1 N–H and O–H groups in total. The molecule has 7 nitrogen and oxygen atoms in total. The standard InChI is InChI=1S/C23H22N2O5/c1-29-22-13-18(11-12-21(22)30-16-17-7-3-2-4-8-17)15-24-23(26)14-19-9-5-6-10-20(19)25(27)28/h2-13H,14-16H2,1H3,(H,24,26). The normalized spacial score (nSPS) is 10.3. The number of carbonyl (C=O) groups is 1. The number of nitro groups is 1. The van der Waals surface area contributed by atoms with Crippen molar-refractivity contribution in [1.82, 2.24) is 5.32 Å². The maximum absolute atomic E-state index is 12.3. The van der Waals surface area contributed by atoms with E-state index in [2.05, 4.69) is 5.32 Å². The zero-order valence-corrected chi connectivity index (χ0v) is 16.5. The van der Waals surface area contributed by atoms with Gasteiger partial charge in [-0.05, 0) is 23.3 Å². The summed E-state index contributed by atoms with van der Waals surface area (Å²) >= 11 is 0. The highest BCUT2D eigenvalue weighted by Crippen LogP contribution is 2.29. The molecule has 0 aromatic heterocycles. The average Bonchev–Trinajstić information content (AvgIpc) is 2.77. The second kappa shape index (κ2) is 10.1. The van der Waals surface area contributed by atoms with Crippen LogP contribution in [-0.2, 0) is 24.4 Å².